The molecule has 1 amide bonds. The van der Waals surface area contributed by atoms with Crippen molar-refractivity contribution in [3.05, 3.63) is 23.8 Å². The standard InChI is InChI=1S/C13H20N2O3S/c1-10-8-11(14)4-5-12(10)15-13(16)9-19(17)7-3-6-18-2/h4-5,8H,3,6-7,9,14H2,1-2H3,(H,15,16). The first-order chi connectivity index (χ1) is 9.02. The first kappa shape index (κ1) is 15.7. The summed E-state index contributed by atoms with van der Waals surface area (Å²) >= 11 is 0. The number of ether oxygens (including phenoxy) is 1. The molecule has 0 heterocycles. The van der Waals surface area contributed by atoms with Crippen molar-refractivity contribution in [3.63, 3.8) is 0 Å². The van der Waals surface area contributed by atoms with Gasteiger partial charge in [0.1, 0.15) is 5.75 Å². The second-order valence-electron chi connectivity index (χ2n) is 4.26. The number of nitrogen functional groups attached to an aromatic ring is 1. The lowest BCUT2D eigenvalue weighted by Crippen LogP contribution is -2.21. The lowest BCUT2D eigenvalue weighted by atomic mass is 10.2. The Morgan fingerprint density at radius 1 is 1.47 bits per heavy atom. The van der Waals surface area contributed by atoms with Crippen LogP contribution in [0.25, 0.3) is 0 Å². The maximum atomic E-state index is 11.7. The first-order valence-electron chi connectivity index (χ1n) is 6.03. The first-order valence-corrected chi connectivity index (χ1v) is 7.51. The van der Waals surface area contributed by atoms with Gasteiger partial charge in [0.05, 0.1) is 0 Å². The molecule has 0 aliphatic carbocycles. The van der Waals surface area contributed by atoms with Crippen LogP contribution in [0.4, 0.5) is 11.4 Å². The van der Waals surface area contributed by atoms with Crippen LogP contribution in [-0.4, -0.2) is 35.3 Å². The lowest BCUT2D eigenvalue weighted by Gasteiger charge is -2.09. The molecule has 3 N–H and O–H groups in total. The van der Waals surface area contributed by atoms with Crippen molar-refractivity contribution in [3.8, 4) is 0 Å². The Kier molecular flexibility index (Phi) is 6.52. The Balaban J connectivity index is 2.44. The van der Waals surface area contributed by atoms with Gasteiger partial charge in [-0.25, -0.2) is 0 Å². The maximum Gasteiger partial charge on any atom is 0.236 e. The fourth-order valence-electron chi connectivity index (χ4n) is 1.60. The largest absolute Gasteiger partial charge is 0.399 e. The molecule has 0 aromatic heterocycles. The highest BCUT2D eigenvalue weighted by Crippen LogP contribution is 2.17. The summed E-state index contributed by atoms with van der Waals surface area (Å²) in [5.41, 5.74) is 7.87. The quantitative estimate of drug-likeness (QED) is 0.584. The zero-order valence-electron chi connectivity index (χ0n) is 11.3. The maximum absolute atomic E-state index is 11.7. The zero-order valence-corrected chi connectivity index (χ0v) is 12.1. The van der Waals surface area contributed by atoms with E-state index in [1.807, 2.05) is 6.92 Å². The Labute approximate surface area is 116 Å². The number of amides is 1. The molecule has 1 aromatic carbocycles. The third kappa shape index (κ3) is 5.85. The van der Waals surface area contributed by atoms with E-state index < -0.39 is 10.8 Å². The van der Waals surface area contributed by atoms with Gasteiger partial charge in [0.25, 0.3) is 0 Å². The number of nitrogens with two attached hydrogens (primary N) is 1. The third-order valence-corrected chi connectivity index (χ3v) is 3.87. The lowest BCUT2D eigenvalue weighted by molar-refractivity contribution is -0.113. The average molecular weight is 284 g/mol. The summed E-state index contributed by atoms with van der Waals surface area (Å²) in [6.07, 6.45) is 0.692. The normalized spacial score (nSPS) is 12.1. The molecule has 0 radical (unpaired) electrons. The molecule has 106 valence electrons. The van der Waals surface area contributed by atoms with Crippen molar-refractivity contribution < 1.29 is 13.7 Å². The molecule has 6 heteroatoms. The van der Waals surface area contributed by atoms with Gasteiger partial charge in [0, 0.05) is 41.6 Å². The van der Waals surface area contributed by atoms with E-state index in [2.05, 4.69) is 5.32 Å². The Hall–Kier alpha value is -1.40. The number of aryl methyl sites for hydroxylation is 1. The number of benzene rings is 1. The molecule has 0 fully saturated rings. The van der Waals surface area contributed by atoms with Crippen molar-refractivity contribution in [1.29, 1.82) is 0 Å². The van der Waals surface area contributed by atoms with Gasteiger partial charge in [-0.05, 0) is 37.1 Å². The van der Waals surface area contributed by atoms with Gasteiger partial charge in [0.15, 0.2) is 0 Å². The van der Waals surface area contributed by atoms with Gasteiger partial charge in [0.2, 0.25) is 5.91 Å². The van der Waals surface area contributed by atoms with Crippen LogP contribution >= 0.6 is 0 Å². The molecule has 5 nitrogen and oxygen atoms in total. The van der Waals surface area contributed by atoms with E-state index in [0.717, 1.165) is 5.56 Å². The average Bonchev–Trinajstić information content (AvgIpc) is 2.33. The number of carbonyl (C=O) groups excluding carboxylic acids is 1. The molecule has 0 spiro atoms. The summed E-state index contributed by atoms with van der Waals surface area (Å²) in [6.45, 7) is 2.42. The second kappa shape index (κ2) is 7.91. The minimum atomic E-state index is -1.15. The smallest absolute Gasteiger partial charge is 0.236 e. The third-order valence-electron chi connectivity index (χ3n) is 2.54. The minimum Gasteiger partial charge on any atom is -0.399 e. The van der Waals surface area contributed by atoms with Crippen molar-refractivity contribution in [2.24, 2.45) is 0 Å². The van der Waals surface area contributed by atoms with E-state index >= 15 is 0 Å². The van der Waals surface area contributed by atoms with Crippen molar-refractivity contribution >= 4 is 28.1 Å². The van der Waals surface area contributed by atoms with E-state index in [-0.39, 0.29) is 11.7 Å². The monoisotopic (exact) mass is 284 g/mol. The highest BCUT2D eigenvalue weighted by molar-refractivity contribution is 7.85. The molecule has 19 heavy (non-hydrogen) atoms. The predicted octanol–water partition coefficient (Wildman–Crippen LogP) is 1.30. The van der Waals surface area contributed by atoms with Crippen LogP contribution in [0, 0.1) is 6.92 Å². The molecule has 0 saturated heterocycles. The summed E-state index contributed by atoms with van der Waals surface area (Å²) in [6, 6.07) is 5.25. The van der Waals surface area contributed by atoms with E-state index in [9.17, 15) is 9.00 Å². The molecule has 0 aliphatic rings. The molecule has 1 rings (SSSR count). The highest BCUT2D eigenvalue weighted by Gasteiger charge is 2.09. The van der Waals surface area contributed by atoms with Crippen molar-refractivity contribution in [2.45, 2.75) is 13.3 Å². The second-order valence-corrected chi connectivity index (χ2v) is 5.83. The van der Waals surface area contributed by atoms with Crippen LogP contribution in [0.15, 0.2) is 18.2 Å². The van der Waals surface area contributed by atoms with Crippen molar-refractivity contribution in [1.82, 2.24) is 0 Å². The van der Waals surface area contributed by atoms with E-state index in [1.54, 1.807) is 25.3 Å². The number of rotatable bonds is 7. The molecular weight excluding hydrogens is 264 g/mol. The van der Waals surface area contributed by atoms with Crippen LogP contribution in [0.3, 0.4) is 0 Å². The van der Waals surface area contributed by atoms with Crippen molar-refractivity contribution in [2.75, 3.05) is 36.3 Å². The number of methoxy groups -OCH3 is 1. The molecule has 1 unspecified atom stereocenters. The SMILES string of the molecule is COCCCS(=O)CC(=O)Nc1ccc(N)cc1C. The number of nitrogens with one attached hydrogen (secondary N) is 1. The van der Waals surface area contributed by atoms with Crippen LogP contribution < -0.4 is 11.1 Å². The summed E-state index contributed by atoms with van der Waals surface area (Å²) in [5.74, 6) is 0.235. The summed E-state index contributed by atoms with van der Waals surface area (Å²) < 4.78 is 16.5. The van der Waals surface area contributed by atoms with Crippen LogP contribution in [-0.2, 0) is 20.3 Å². The zero-order chi connectivity index (χ0) is 14.3. The molecule has 0 bridgehead atoms. The summed E-state index contributed by atoms with van der Waals surface area (Å²) in [4.78, 5) is 11.7. The predicted molar refractivity (Wildman–Crippen MR) is 78.6 cm³/mol. The fourth-order valence-corrected chi connectivity index (χ4v) is 2.54. The Bertz CT molecular complexity index is 463. The van der Waals surface area contributed by atoms with Gasteiger partial charge in [-0.15, -0.1) is 0 Å². The molecule has 1 atom stereocenters. The molecule has 0 saturated carbocycles. The Morgan fingerprint density at radius 2 is 2.21 bits per heavy atom. The summed E-state index contributed by atoms with van der Waals surface area (Å²) in [5, 5.41) is 2.74. The Morgan fingerprint density at radius 3 is 2.84 bits per heavy atom. The van der Waals surface area contributed by atoms with Gasteiger partial charge < -0.3 is 15.8 Å². The van der Waals surface area contributed by atoms with Gasteiger partial charge in [-0.1, -0.05) is 0 Å². The van der Waals surface area contributed by atoms with E-state index in [0.29, 0.717) is 30.2 Å². The van der Waals surface area contributed by atoms with Crippen LogP contribution in [0.1, 0.15) is 12.0 Å². The summed E-state index contributed by atoms with van der Waals surface area (Å²) in [7, 11) is 0.444. The number of carbonyl (C=O) groups is 1. The number of hydrogen-bond donors (Lipinski definition) is 2. The fraction of sp³-hybridized carbons (Fsp3) is 0.462. The van der Waals surface area contributed by atoms with Crippen LogP contribution in [0.5, 0.6) is 0 Å². The topological polar surface area (TPSA) is 81.4 Å². The molecular formula is C13H20N2O3S. The minimum absolute atomic E-state index is 0.00747. The van der Waals surface area contributed by atoms with E-state index in [1.165, 1.54) is 0 Å². The number of hydrogen-bond acceptors (Lipinski definition) is 4. The van der Waals surface area contributed by atoms with E-state index in [4.69, 9.17) is 10.5 Å². The highest BCUT2D eigenvalue weighted by atomic mass is 32.2. The molecule has 1 aromatic rings. The van der Waals surface area contributed by atoms with Gasteiger partial charge in [-0.2, -0.15) is 0 Å². The molecule has 0 aliphatic heterocycles. The van der Waals surface area contributed by atoms with Crippen LogP contribution in [0.2, 0.25) is 0 Å². The number of anilines is 2. The van der Waals surface area contributed by atoms with Gasteiger partial charge >= 0.3 is 0 Å². The van der Waals surface area contributed by atoms with Gasteiger partial charge in [-0.3, -0.25) is 9.00 Å².